The van der Waals surface area contributed by atoms with Gasteiger partial charge in [0, 0.05) is 52.0 Å². The maximum Gasteiger partial charge on any atom is 5.00 e. The summed E-state index contributed by atoms with van der Waals surface area (Å²) < 4.78 is 170. The van der Waals surface area contributed by atoms with E-state index in [1.54, 1.807) is 0 Å². The SMILES string of the molecule is O=S(=O)([O-])[O-].O=S(=O)([O-])[O-].O=S(=O)([O-])[O-].O=S(=O)([O-])[O-].O=S(=O)([O-])[O-].[V+5].[V+5]. The quantitative estimate of drug-likeness (QED) is 0.189. The van der Waals surface area contributed by atoms with Gasteiger partial charge in [0.2, 0.25) is 0 Å². The minimum atomic E-state index is -5.17. The minimum absolute atomic E-state index is 0. The Morgan fingerprint density at radius 1 is 0.259 bits per heavy atom. The van der Waals surface area contributed by atoms with Crippen LogP contribution in [-0.4, -0.2) is 87.6 Å². The van der Waals surface area contributed by atoms with E-state index in [-0.39, 0.29) is 37.1 Å². The van der Waals surface area contributed by atoms with Gasteiger partial charge in [0.1, 0.15) is 0 Å². The van der Waals surface area contributed by atoms with Crippen LogP contribution in [0.4, 0.5) is 0 Å². The van der Waals surface area contributed by atoms with Gasteiger partial charge in [-0.2, -0.15) is 0 Å². The third-order valence-electron chi connectivity index (χ3n) is 0. The van der Waals surface area contributed by atoms with E-state index in [1.165, 1.54) is 0 Å². The average Bonchev–Trinajstić information content (AvgIpc) is 1.79. The van der Waals surface area contributed by atoms with Crippen molar-refractivity contribution in [2.45, 2.75) is 0 Å². The Kier molecular flexibility index (Phi) is 31.6. The molecule has 0 aliphatic carbocycles. The predicted octanol–water partition coefficient (Wildman–Crippen LogP) is -6.69. The predicted molar refractivity (Wildman–Crippen MR) is 52.4 cm³/mol. The van der Waals surface area contributed by atoms with Gasteiger partial charge in [-0.15, -0.1) is 0 Å². The van der Waals surface area contributed by atoms with Gasteiger partial charge in [-0.05, 0) is 0 Å². The molecule has 0 spiro atoms. The van der Waals surface area contributed by atoms with E-state index in [1.807, 2.05) is 0 Å². The standard InChI is InChI=1S/5H2O4S.2V/c5*1-5(2,3)4;;/h5*(H2,1,2,3,4);;/q;;;;;2*+5/p-10. The zero-order chi connectivity index (χ0) is 22.5. The molecule has 0 radical (unpaired) electrons. The maximum absolute atomic E-state index is 8.52. The Bertz CT molecular complexity index is 619. The topological polar surface area (TPSA) is 401 Å². The molecule has 0 amide bonds. The summed E-state index contributed by atoms with van der Waals surface area (Å²) in [7, 11) is -25.8. The van der Waals surface area contributed by atoms with Crippen LogP contribution in [0.15, 0.2) is 0 Å². The first-order valence-corrected chi connectivity index (χ1v) is 10.0. The Labute approximate surface area is 176 Å². The summed E-state index contributed by atoms with van der Waals surface area (Å²) in [6.07, 6.45) is 0. The van der Waals surface area contributed by atoms with Crippen LogP contribution < -0.4 is 0 Å². The zero-order valence-electron chi connectivity index (χ0n) is 11.1. The van der Waals surface area contributed by atoms with Crippen LogP contribution in [0, 0.1) is 0 Å². The van der Waals surface area contributed by atoms with Crippen molar-refractivity contribution in [2.24, 2.45) is 0 Å². The van der Waals surface area contributed by atoms with Gasteiger partial charge in [-0.25, -0.2) is 0 Å². The van der Waals surface area contributed by atoms with Crippen molar-refractivity contribution in [3.63, 3.8) is 0 Å². The van der Waals surface area contributed by atoms with E-state index in [9.17, 15) is 0 Å². The van der Waals surface area contributed by atoms with Crippen LogP contribution in [0.25, 0.3) is 0 Å². The van der Waals surface area contributed by atoms with Gasteiger partial charge < -0.3 is 45.5 Å². The van der Waals surface area contributed by atoms with Gasteiger partial charge in [-0.3, -0.25) is 42.1 Å². The second kappa shape index (κ2) is 18.5. The van der Waals surface area contributed by atoms with E-state index < -0.39 is 52.0 Å². The molecular weight excluding hydrogens is 582 g/mol. The summed E-state index contributed by atoms with van der Waals surface area (Å²) in [4.78, 5) is 0. The number of hydrogen-bond donors (Lipinski definition) is 0. The van der Waals surface area contributed by atoms with E-state index >= 15 is 0 Å². The summed E-state index contributed by atoms with van der Waals surface area (Å²) in [5, 5.41) is 0. The van der Waals surface area contributed by atoms with Gasteiger partial charge in [-0.1, -0.05) is 0 Å². The summed E-state index contributed by atoms with van der Waals surface area (Å²) in [5.74, 6) is 0. The molecule has 0 saturated carbocycles. The molecule has 0 fully saturated rings. The third-order valence-corrected chi connectivity index (χ3v) is 0. The molecule has 20 nitrogen and oxygen atoms in total. The molecule has 0 aromatic carbocycles. The maximum atomic E-state index is 8.52. The number of rotatable bonds is 0. The van der Waals surface area contributed by atoms with Crippen molar-refractivity contribution in [1.29, 1.82) is 0 Å². The largest absolute Gasteiger partial charge is 5.00 e. The Morgan fingerprint density at radius 3 is 0.259 bits per heavy atom. The van der Waals surface area contributed by atoms with Gasteiger partial charge in [0.25, 0.3) is 0 Å². The van der Waals surface area contributed by atoms with E-state index in [0.29, 0.717) is 0 Å². The van der Waals surface area contributed by atoms with Crippen molar-refractivity contribution in [2.75, 3.05) is 0 Å². The first kappa shape index (κ1) is 46.0. The van der Waals surface area contributed by atoms with Crippen LogP contribution in [-0.2, 0) is 89.1 Å². The molecule has 27 heavy (non-hydrogen) atoms. The smallest absolute Gasteiger partial charge is 0.759 e. The molecule has 0 aliphatic heterocycles. The Balaban J connectivity index is -0.0000000364. The summed E-state index contributed by atoms with van der Waals surface area (Å²) >= 11 is 0. The van der Waals surface area contributed by atoms with Gasteiger partial charge in [0.15, 0.2) is 0 Å². The third kappa shape index (κ3) is 59200. The number of hydrogen-bond acceptors (Lipinski definition) is 20. The first-order valence-electron chi connectivity index (χ1n) is 3.33. The second-order valence-corrected chi connectivity index (χ2v) is 6.12. The van der Waals surface area contributed by atoms with E-state index in [0.717, 1.165) is 0 Å². The van der Waals surface area contributed by atoms with Crippen LogP contribution in [0.5, 0.6) is 0 Å². The van der Waals surface area contributed by atoms with Crippen LogP contribution in [0.1, 0.15) is 0 Å². The molecule has 0 aliphatic rings. The molecule has 0 rings (SSSR count). The van der Waals surface area contributed by atoms with Crippen molar-refractivity contribution in [3.8, 4) is 0 Å². The molecule has 0 unspecified atom stereocenters. The van der Waals surface area contributed by atoms with Crippen LogP contribution in [0.2, 0.25) is 0 Å². The minimum Gasteiger partial charge on any atom is -0.759 e. The van der Waals surface area contributed by atoms with Crippen molar-refractivity contribution < 1.29 is 125 Å². The fourth-order valence-corrected chi connectivity index (χ4v) is 0. The van der Waals surface area contributed by atoms with Crippen molar-refractivity contribution >= 4 is 52.0 Å². The molecular formula is O20S5V2. The first-order chi connectivity index (χ1) is 10.0. The monoisotopic (exact) mass is 582 g/mol. The average molecular weight is 582 g/mol. The fourth-order valence-electron chi connectivity index (χ4n) is 0. The van der Waals surface area contributed by atoms with Crippen LogP contribution >= 0.6 is 0 Å². The molecule has 27 heteroatoms. The molecule has 0 aromatic heterocycles. The van der Waals surface area contributed by atoms with Gasteiger partial charge >= 0.3 is 37.1 Å². The normalized spacial score (nSPS) is 10.7. The molecule has 0 atom stereocenters. The molecule has 0 aromatic rings. The summed E-state index contributed by atoms with van der Waals surface area (Å²) in [5.41, 5.74) is 0. The summed E-state index contributed by atoms with van der Waals surface area (Å²) in [6.45, 7) is 0. The van der Waals surface area contributed by atoms with Crippen LogP contribution in [0.3, 0.4) is 0 Å². The molecule has 0 heterocycles. The van der Waals surface area contributed by atoms with Crippen molar-refractivity contribution in [3.05, 3.63) is 0 Å². The molecule has 0 saturated heterocycles. The van der Waals surface area contributed by atoms with E-state index in [4.69, 9.17) is 87.6 Å². The summed E-state index contributed by atoms with van der Waals surface area (Å²) in [6, 6.07) is 0. The molecule has 160 valence electrons. The fraction of sp³-hybridized carbons (Fsp3) is 0. The zero-order valence-corrected chi connectivity index (χ0v) is 18.0. The Hall–Kier alpha value is 0.519. The second-order valence-electron chi connectivity index (χ2n) is 2.04. The Morgan fingerprint density at radius 2 is 0.259 bits per heavy atom. The van der Waals surface area contributed by atoms with Crippen molar-refractivity contribution in [1.82, 2.24) is 0 Å². The molecule has 0 bridgehead atoms. The van der Waals surface area contributed by atoms with E-state index in [2.05, 4.69) is 0 Å². The molecule has 0 N–H and O–H groups in total. The van der Waals surface area contributed by atoms with Gasteiger partial charge in [0.05, 0.1) is 0 Å².